The van der Waals surface area contributed by atoms with Gasteiger partial charge in [-0.1, -0.05) is 17.7 Å². The molecule has 2 aromatic carbocycles. The molecule has 0 unspecified atom stereocenters. The van der Waals surface area contributed by atoms with E-state index >= 15 is 0 Å². The molecule has 0 saturated heterocycles. The Hall–Kier alpha value is -3.78. The fraction of sp³-hybridized carbons (Fsp3) is 0.125. The molecule has 0 aliphatic carbocycles. The third-order valence-electron chi connectivity index (χ3n) is 5.68. The van der Waals surface area contributed by atoms with Crippen LogP contribution < -0.4 is 4.74 Å². The molecular weight excluding hydrogens is 426 g/mol. The smallest absolute Gasteiger partial charge is 0.269 e. The Morgan fingerprint density at radius 2 is 1.69 bits per heavy atom. The average Bonchev–Trinajstić information content (AvgIpc) is 3.31. The molecule has 0 aliphatic heterocycles. The summed E-state index contributed by atoms with van der Waals surface area (Å²) in [7, 11) is -0.607. The van der Waals surface area contributed by atoms with Crippen molar-refractivity contribution in [2.24, 2.45) is 7.05 Å². The first kappa shape index (κ1) is 20.1. The standard InChI is InChI=1S/C24H21N3O4S/c1-15-6-8-18(9-7-15)32(29,30)27-21(11-16-5-4-10-25-24(16)27)20-12-17-13-23(31-3)22(28)14-19(17)26(20)2/h4-14,28H,1-3H3. The van der Waals surface area contributed by atoms with Gasteiger partial charge >= 0.3 is 0 Å². The summed E-state index contributed by atoms with van der Waals surface area (Å²) in [6.45, 7) is 1.91. The van der Waals surface area contributed by atoms with E-state index in [0.717, 1.165) is 16.5 Å². The highest BCUT2D eigenvalue weighted by molar-refractivity contribution is 7.90. The van der Waals surface area contributed by atoms with Gasteiger partial charge in [0.15, 0.2) is 17.1 Å². The molecule has 1 N–H and O–H groups in total. The zero-order valence-electron chi connectivity index (χ0n) is 17.8. The van der Waals surface area contributed by atoms with E-state index in [-0.39, 0.29) is 10.6 Å². The Bertz CT molecular complexity index is 1600. The number of pyridine rings is 1. The number of rotatable bonds is 4. The van der Waals surface area contributed by atoms with Crippen molar-refractivity contribution in [3.05, 3.63) is 72.4 Å². The minimum atomic E-state index is -3.93. The minimum absolute atomic E-state index is 0.0160. The highest BCUT2D eigenvalue weighted by atomic mass is 32.2. The van der Waals surface area contributed by atoms with Crippen molar-refractivity contribution in [1.82, 2.24) is 13.5 Å². The van der Waals surface area contributed by atoms with Gasteiger partial charge in [-0.25, -0.2) is 17.4 Å². The van der Waals surface area contributed by atoms with Crippen LogP contribution in [0.5, 0.6) is 11.5 Å². The Kier molecular flexibility index (Phi) is 4.49. The molecule has 0 atom stereocenters. The van der Waals surface area contributed by atoms with Crippen LogP contribution in [0.2, 0.25) is 0 Å². The molecule has 0 spiro atoms. The van der Waals surface area contributed by atoms with Gasteiger partial charge in [-0.3, -0.25) is 0 Å². The lowest BCUT2D eigenvalue weighted by Gasteiger charge is -2.12. The van der Waals surface area contributed by atoms with Gasteiger partial charge in [-0.15, -0.1) is 0 Å². The van der Waals surface area contributed by atoms with Crippen LogP contribution in [-0.2, 0) is 17.1 Å². The number of hydrogen-bond donors (Lipinski definition) is 1. The van der Waals surface area contributed by atoms with Gasteiger partial charge in [0, 0.05) is 30.1 Å². The maximum absolute atomic E-state index is 13.7. The van der Waals surface area contributed by atoms with Gasteiger partial charge in [0.05, 0.1) is 28.9 Å². The Morgan fingerprint density at radius 1 is 0.969 bits per heavy atom. The maximum Gasteiger partial charge on any atom is 0.269 e. The van der Waals surface area contributed by atoms with Crippen LogP contribution in [0.3, 0.4) is 0 Å². The van der Waals surface area contributed by atoms with E-state index in [1.807, 2.05) is 36.7 Å². The Labute approximate surface area is 185 Å². The molecule has 7 nitrogen and oxygen atoms in total. The molecule has 3 heterocycles. The molecular formula is C24H21N3O4S. The molecule has 0 aliphatic rings. The number of nitrogens with zero attached hydrogens (tertiary/aromatic N) is 3. The number of fused-ring (bicyclic) bond motifs is 2. The normalized spacial score (nSPS) is 12.0. The largest absolute Gasteiger partial charge is 0.504 e. The summed E-state index contributed by atoms with van der Waals surface area (Å²) >= 11 is 0. The number of methoxy groups -OCH3 is 1. The second-order valence-electron chi connectivity index (χ2n) is 7.70. The molecule has 32 heavy (non-hydrogen) atoms. The predicted octanol–water partition coefficient (Wildman–Crippen LogP) is 4.45. The molecule has 0 saturated carbocycles. The number of aromatic nitrogens is 3. The van der Waals surface area contributed by atoms with E-state index in [9.17, 15) is 13.5 Å². The summed E-state index contributed by atoms with van der Waals surface area (Å²) in [5, 5.41) is 11.8. The highest BCUT2D eigenvalue weighted by Crippen LogP contribution is 2.37. The van der Waals surface area contributed by atoms with Gasteiger partial charge in [-0.05, 0) is 49.4 Å². The van der Waals surface area contributed by atoms with Crippen LogP contribution in [0, 0.1) is 6.92 Å². The summed E-state index contributed by atoms with van der Waals surface area (Å²) < 4.78 is 35.9. The van der Waals surface area contributed by atoms with Crippen LogP contribution in [0.15, 0.2) is 71.8 Å². The molecule has 5 aromatic rings. The van der Waals surface area contributed by atoms with Crippen molar-refractivity contribution in [3.63, 3.8) is 0 Å². The van der Waals surface area contributed by atoms with Crippen molar-refractivity contribution >= 4 is 32.0 Å². The Balaban J connectivity index is 1.83. The molecule has 3 aromatic heterocycles. The summed E-state index contributed by atoms with van der Waals surface area (Å²) in [5.74, 6) is 0.367. The lowest BCUT2D eigenvalue weighted by Crippen LogP contribution is -2.15. The van der Waals surface area contributed by atoms with Crippen molar-refractivity contribution in [2.45, 2.75) is 11.8 Å². The molecule has 0 radical (unpaired) electrons. The van der Waals surface area contributed by atoms with Crippen molar-refractivity contribution in [3.8, 4) is 22.9 Å². The van der Waals surface area contributed by atoms with E-state index in [4.69, 9.17) is 4.74 Å². The van der Waals surface area contributed by atoms with Crippen molar-refractivity contribution < 1.29 is 18.3 Å². The van der Waals surface area contributed by atoms with E-state index in [0.29, 0.717) is 28.2 Å². The lowest BCUT2D eigenvalue weighted by molar-refractivity contribution is 0.374. The third kappa shape index (κ3) is 2.95. The van der Waals surface area contributed by atoms with Crippen LogP contribution in [0.4, 0.5) is 0 Å². The molecule has 5 rings (SSSR count). The van der Waals surface area contributed by atoms with Gasteiger partial charge in [0.25, 0.3) is 10.0 Å². The highest BCUT2D eigenvalue weighted by Gasteiger charge is 2.26. The van der Waals surface area contributed by atoms with Crippen LogP contribution in [0.1, 0.15) is 5.56 Å². The molecule has 0 fully saturated rings. The molecule has 8 heteroatoms. The first-order valence-electron chi connectivity index (χ1n) is 9.97. The first-order chi connectivity index (χ1) is 15.3. The number of aromatic hydroxyl groups is 1. The fourth-order valence-electron chi connectivity index (χ4n) is 4.01. The predicted molar refractivity (Wildman–Crippen MR) is 124 cm³/mol. The minimum Gasteiger partial charge on any atom is -0.504 e. The van der Waals surface area contributed by atoms with Crippen LogP contribution in [0.25, 0.3) is 33.3 Å². The number of ether oxygens (including phenoxy) is 1. The number of phenols is 1. The second-order valence-corrected chi connectivity index (χ2v) is 9.49. The molecule has 0 bridgehead atoms. The van der Waals surface area contributed by atoms with E-state index in [1.54, 1.807) is 48.7 Å². The van der Waals surface area contributed by atoms with Gasteiger partial charge in [0.1, 0.15) is 0 Å². The number of phenolic OH excluding ortho intramolecular Hbond substituents is 1. The van der Waals surface area contributed by atoms with E-state index in [2.05, 4.69) is 4.98 Å². The summed E-state index contributed by atoms with van der Waals surface area (Å²) in [6.07, 6.45) is 1.58. The lowest BCUT2D eigenvalue weighted by atomic mass is 10.2. The quantitative estimate of drug-likeness (QED) is 0.440. The van der Waals surface area contributed by atoms with E-state index < -0.39 is 10.0 Å². The maximum atomic E-state index is 13.7. The van der Waals surface area contributed by atoms with Crippen molar-refractivity contribution in [1.29, 1.82) is 0 Å². The van der Waals surface area contributed by atoms with Crippen molar-refractivity contribution in [2.75, 3.05) is 7.11 Å². The van der Waals surface area contributed by atoms with Crippen LogP contribution in [-0.4, -0.2) is 34.2 Å². The number of aryl methyl sites for hydroxylation is 2. The van der Waals surface area contributed by atoms with Crippen LogP contribution >= 0.6 is 0 Å². The number of benzene rings is 2. The second kappa shape index (κ2) is 7.13. The zero-order valence-corrected chi connectivity index (χ0v) is 18.6. The number of hydrogen-bond acceptors (Lipinski definition) is 5. The summed E-state index contributed by atoms with van der Waals surface area (Å²) in [5.41, 5.74) is 3.23. The Morgan fingerprint density at radius 3 is 2.41 bits per heavy atom. The average molecular weight is 448 g/mol. The molecule has 0 amide bonds. The third-order valence-corrected chi connectivity index (χ3v) is 7.40. The molecule has 162 valence electrons. The first-order valence-corrected chi connectivity index (χ1v) is 11.4. The van der Waals surface area contributed by atoms with Gasteiger partial charge in [0.2, 0.25) is 0 Å². The monoisotopic (exact) mass is 447 g/mol. The summed E-state index contributed by atoms with van der Waals surface area (Å²) in [4.78, 5) is 4.56. The van der Waals surface area contributed by atoms with Gasteiger partial charge < -0.3 is 14.4 Å². The SMILES string of the molecule is COc1cc2cc(-c3cc4cccnc4n3S(=O)(=O)c3ccc(C)cc3)n(C)c2cc1O. The zero-order chi connectivity index (χ0) is 22.6. The topological polar surface area (TPSA) is 86.4 Å². The summed E-state index contributed by atoms with van der Waals surface area (Å²) in [6, 6.07) is 17.4. The van der Waals surface area contributed by atoms with Gasteiger partial charge in [-0.2, -0.15) is 0 Å². The fourth-order valence-corrected chi connectivity index (χ4v) is 5.49. The van der Waals surface area contributed by atoms with E-state index in [1.165, 1.54) is 11.1 Å².